The highest BCUT2D eigenvalue weighted by atomic mass is 16.6. The summed E-state index contributed by atoms with van der Waals surface area (Å²) in [6.07, 6.45) is 18.9. The summed E-state index contributed by atoms with van der Waals surface area (Å²) in [5.41, 5.74) is 5.10. The fourth-order valence-corrected chi connectivity index (χ4v) is 14.7. The average molecular weight is 703 g/mol. The number of ether oxygens (including phenoxy) is 2. The smallest absolute Gasteiger partial charge is 0.302 e. The first-order valence-corrected chi connectivity index (χ1v) is 20.4. The molecule has 0 spiro atoms. The van der Waals surface area contributed by atoms with Crippen LogP contribution in [0, 0.1) is 63.1 Å². The van der Waals surface area contributed by atoms with Crippen LogP contribution in [0.2, 0.25) is 0 Å². The van der Waals surface area contributed by atoms with Gasteiger partial charge in [0.05, 0.1) is 11.4 Å². The molecule has 0 aliphatic heterocycles. The standard InChI is InChI=1S/C43H62N2O6/c1-24-20-31-32-10-11-37(49-25(2)46)42(32,6)18-14-34(31)41(5)17-13-29(22-35(24)41)45-51-36-23-38(50-26(3)47)43(7)19-15-33-30(39(36)43)9-8-27-21-28(44-48)12-16-40(27,33)4/h21-22,24,30-34,36-39,48H,8-20,23H2,1-7H3/b44-28+,45-29+/t24?,30-,31+,32+,33+,34+,36?,37?,38?,39-,40+,41-,42+,43-/m1/s1. The Bertz CT molecular complexity index is 1580. The topological polar surface area (TPSA) is 107 Å². The third-order valence-electron chi connectivity index (χ3n) is 17.1. The summed E-state index contributed by atoms with van der Waals surface area (Å²) >= 11 is 0. The molecule has 0 amide bonds. The third kappa shape index (κ3) is 5.40. The van der Waals surface area contributed by atoms with Crippen molar-refractivity contribution in [2.45, 2.75) is 157 Å². The Labute approximate surface area is 305 Å². The zero-order valence-electron chi connectivity index (χ0n) is 32.2. The molecular formula is C43H62N2O6. The molecule has 8 aliphatic carbocycles. The summed E-state index contributed by atoms with van der Waals surface area (Å²) in [6, 6.07) is 0. The lowest BCUT2D eigenvalue weighted by atomic mass is 9.45. The number of allylic oxidation sites excluding steroid dienone is 4. The van der Waals surface area contributed by atoms with Crippen LogP contribution in [-0.2, 0) is 23.9 Å². The van der Waals surface area contributed by atoms with E-state index in [2.05, 4.69) is 51.9 Å². The van der Waals surface area contributed by atoms with Crippen LogP contribution in [0.4, 0.5) is 0 Å². The molecule has 1 N–H and O–H groups in total. The molecule has 0 aromatic carbocycles. The maximum atomic E-state index is 12.4. The van der Waals surface area contributed by atoms with Crippen molar-refractivity contribution in [2.24, 2.45) is 73.4 Å². The first-order chi connectivity index (χ1) is 24.2. The van der Waals surface area contributed by atoms with Crippen LogP contribution >= 0.6 is 0 Å². The molecule has 6 fully saturated rings. The second-order valence-electron chi connectivity index (χ2n) is 19.4. The Hall–Kier alpha value is -2.64. The number of carbonyl (C=O) groups is 2. The van der Waals surface area contributed by atoms with Crippen molar-refractivity contribution in [3.8, 4) is 0 Å². The van der Waals surface area contributed by atoms with Gasteiger partial charge < -0.3 is 19.5 Å². The summed E-state index contributed by atoms with van der Waals surface area (Å²) in [4.78, 5) is 31.1. The van der Waals surface area contributed by atoms with E-state index >= 15 is 0 Å². The highest BCUT2D eigenvalue weighted by Gasteiger charge is 2.65. The number of carbonyl (C=O) groups excluding carboxylic acids is 2. The van der Waals surface area contributed by atoms with Gasteiger partial charge in [0, 0.05) is 37.0 Å². The molecule has 4 unspecified atom stereocenters. The van der Waals surface area contributed by atoms with E-state index in [1.807, 2.05) is 0 Å². The number of esters is 2. The van der Waals surface area contributed by atoms with Crippen LogP contribution in [0.1, 0.15) is 138 Å². The molecule has 0 radical (unpaired) electrons. The molecule has 6 saturated carbocycles. The Morgan fingerprint density at radius 1 is 0.725 bits per heavy atom. The number of fused-ring (bicyclic) bond motifs is 10. The van der Waals surface area contributed by atoms with Gasteiger partial charge in [-0.25, -0.2) is 0 Å². The highest BCUT2D eigenvalue weighted by Crippen LogP contribution is 2.68. The Morgan fingerprint density at radius 2 is 1.39 bits per heavy atom. The molecule has 8 nitrogen and oxygen atoms in total. The summed E-state index contributed by atoms with van der Waals surface area (Å²) in [7, 11) is 0. The summed E-state index contributed by atoms with van der Waals surface area (Å²) in [5.74, 6) is 3.35. The predicted molar refractivity (Wildman–Crippen MR) is 196 cm³/mol. The molecule has 8 rings (SSSR count). The van der Waals surface area contributed by atoms with E-state index < -0.39 is 0 Å². The van der Waals surface area contributed by atoms with Gasteiger partial charge in [0.1, 0.15) is 18.3 Å². The fourth-order valence-electron chi connectivity index (χ4n) is 14.7. The molecule has 0 aromatic heterocycles. The molecule has 0 heterocycles. The van der Waals surface area contributed by atoms with Gasteiger partial charge >= 0.3 is 11.9 Å². The first-order valence-electron chi connectivity index (χ1n) is 20.4. The van der Waals surface area contributed by atoms with Gasteiger partial charge in [-0.2, -0.15) is 0 Å². The predicted octanol–water partition coefficient (Wildman–Crippen LogP) is 9.20. The lowest BCUT2D eigenvalue weighted by Crippen LogP contribution is -2.53. The molecular weight excluding hydrogens is 640 g/mol. The summed E-state index contributed by atoms with van der Waals surface area (Å²) in [6.45, 7) is 15.3. The van der Waals surface area contributed by atoms with Gasteiger partial charge in [-0.15, -0.1) is 0 Å². The SMILES string of the molecule is CC(=O)OC1CC[C@H]2[C@@H]3CC(C)C4=C/C(=N/OC5CC(OC(C)=O)[C@@]6(C)CC[C@H]7[C@@H](CCC8=C/C(=N/O)CC[C@@]87C)[C@H]56)CC[C@]4(C)[C@H]3CC[C@]12C. The van der Waals surface area contributed by atoms with Crippen molar-refractivity contribution < 1.29 is 29.1 Å². The second kappa shape index (κ2) is 12.5. The zero-order chi connectivity index (χ0) is 36.1. The van der Waals surface area contributed by atoms with Crippen molar-refractivity contribution in [3.63, 3.8) is 0 Å². The second-order valence-corrected chi connectivity index (χ2v) is 19.4. The number of hydrogen-bond donors (Lipinski definition) is 1. The lowest BCUT2D eigenvalue weighted by Gasteiger charge is -2.59. The minimum atomic E-state index is -0.207. The minimum absolute atomic E-state index is 0.0618. The highest BCUT2D eigenvalue weighted by molar-refractivity contribution is 5.97. The molecule has 8 aliphatic rings. The van der Waals surface area contributed by atoms with E-state index in [9.17, 15) is 14.8 Å². The van der Waals surface area contributed by atoms with Crippen molar-refractivity contribution in [1.82, 2.24) is 0 Å². The third-order valence-corrected chi connectivity index (χ3v) is 17.1. The maximum absolute atomic E-state index is 12.4. The molecule has 51 heavy (non-hydrogen) atoms. The molecule has 280 valence electrons. The summed E-state index contributed by atoms with van der Waals surface area (Å²) < 4.78 is 12.0. The van der Waals surface area contributed by atoms with Gasteiger partial charge in [0.25, 0.3) is 0 Å². The van der Waals surface area contributed by atoms with E-state index in [1.54, 1.807) is 12.5 Å². The first kappa shape index (κ1) is 35.4. The summed E-state index contributed by atoms with van der Waals surface area (Å²) in [5, 5.41) is 18.1. The molecule has 14 atom stereocenters. The van der Waals surface area contributed by atoms with Crippen LogP contribution < -0.4 is 0 Å². The molecule has 8 heteroatoms. The minimum Gasteiger partial charge on any atom is -0.462 e. The fraction of sp³-hybridized carbons (Fsp3) is 0.814. The largest absolute Gasteiger partial charge is 0.462 e. The van der Waals surface area contributed by atoms with Crippen molar-refractivity contribution in [1.29, 1.82) is 0 Å². The maximum Gasteiger partial charge on any atom is 0.302 e. The van der Waals surface area contributed by atoms with Crippen LogP contribution in [-0.4, -0.2) is 46.9 Å². The Balaban J connectivity index is 1.04. The number of oxime groups is 2. The lowest BCUT2D eigenvalue weighted by molar-refractivity contribution is -0.158. The molecule has 0 saturated heterocycles. The van der Waals surface area contributed by atoms with E-state index in [0.29, 0.717) is 41.9 Å². The van der Waals surface area contributed by atoms with Crippen LogP contribution in [0.5, 0.6) is 0 Å². The van der Waals surface area contributed by atoms with Crippen molar-refractivity contribution >= 4 is 23.4 Å². The van der Waals surface area contributed by atoms with E-state index in [-0.39, 0.29) is 57.8 Å². The van der Waals surface area contributed by atoms with Gasteiger partial charge in [-0.05, 0) is 142 Å². The normalized spacial score (nSPS) is 50.0. The average Bonchev–Trinajstić information content (AvgIpc) is 3.55. The van der Waals surface area contributed by atoms with Gasteiger partial charge in [-0.1, -0.05) is 56.1 Å². The molecule has 0 aromatic rings. The van der Waals surface area contributed by atoms with E-state index in [1.165, 1.54) is 31.8 Å². The Kier molecular flexibility index (Phi) is 8.65. The van der Waals surface area contributed by atoms with E-state index in [4.69, 9.17) is 19.5 Å². The monoisotopic (exact) mass is 702 g/mol. The van der Waals surface area contributed by atoms with Crippen LogP contribution in [0.3, 0.4) is 0 Å². The number of rotatable bonds is 4. The quantitative estimate of drug-likeness (QED) is 0.178. The van der Waals surface area contributed by atoms with Gasteiger partial charge in [-0.3, -0.25) is 9.59 Å². The van der Waals surface area contributed by atoms with Crippen LogP contribution in [0.15, 0.2) is 33.6 Å². The van der Waals surface area contributed by atoms with Crippen molar-refractivity contribution in [2.75, 3.05) is 0 Å². The zero-order valence-corrected chi connectivity index (χ0v) is 32.2. The number of hydrogen-bond acceptors (Lipinski definition) is 8. The van der Waals surface area contributed by atoms with Crippen LogP contribution in [0.25, 0.3) is 0 Å². The molecule has 0 bridgehead atoms. The van der Waals surface area contributed by atoms with Gasteiger partial charge in [0.15, 0.2) is 0 Å². The van der Waals surface area contributed by atoms with Gasteiger partial charge in [0.2, 0.25) is 0 Å². The van der Waals surface area contributed by atoms with E-state index in [0.717, 1.165) is 75.6 Å². The number of nitrogens with zero attached hydrogens (tertiary/aromatic N) is 2. The Morgan fingerprint density at radius 3 is 2.12 bits per heavy atom. The van der Waals surface area contributed by atoms with Crippen molar-refractivity contribution in [3.05, 3.63) is 23.3 Å².